The van der Waals surface area contributed by atoms with Crippen molar-refractivity contribution >= 4 is 15.8 Å². The van der Waals surface area contributed by atoms with Gasteiger partial charge in [-0.3, -0.25) is 0 Å². The Morgan fingerprint density at radius 3 is 2.81 bits per heavy atom. The number of hydrogen-bond donors (Lipinski definition) is 0. The topological polar surface area (TPSA) is 69.7 Å². The maximum atomic E-state index is 11.7. The quantitative estimate of drug-likeness (QED) is 0.784. The van der Waals surface area contributed by atoms with Crippen LogP contribution in [0.25, 0.3) is 0 Å². The first-order valence-electron chi connectivity index (χ1n) is 7.16. The second kappa shape index (κ2) is 5.67. The number of hydrogen-bond acceptors (Lipinski definition) is 5. The molecule has 114 valence electrons. The van der Waals surface area contributed by atoms with Crippen LogP contribution in [-0.2, 0) is 32.2 Å². The van der Waals surface area contributed by atoms with E-state index in [1.807, 2.05) is 18.2 Å². The number of ether oxygens (including phenoxy) is 2. The molecule has 0 unspecified atom stereocenters. The van der Waals surface area contributed by atoms with Gasteiger partial charge in [-0.15, -0.1) is 0 Å². The van der Waals surface area contributed by atoms with Crippen LogP contribution in [0.2, 0.25) is 0 Å². The zero-order valence-electron chi connectivity index (χ0n) is 11.7. The first-order chi connectivity index (χ1) is 10.0. The highest BCUT2D eigenvalue weighted by atomic mass is 32.2. The van der Waals surface area contributed by atoms with E-state index >= 15 is 0 Å². The first-order valence-corrected chi connectivity index (χ1v) is 8.98. The molecular weight excluding hydrogens is 292 g/mol. The number of carbonyl (C=O) groups is 1. The maximum Gasteiger partial charge on any atom is 0.344 e. The molecule has 1 aromatic carbocycles. The molecule has 0 amide bonds. The van der Waals surface area contributed by atoms with Crippen LogP contribution in [0, 0.1) is 0 Å². The van der Waals surface area contributed by atoms with Crippen molar-refractivity contribution < 1.29 is 22.7 Å². The molecule has 1 fully saturated rings. The van der Waals surface area contributed by atoms with Gasteiger partial charge in [0.05, 0.1) is 11.5 Å². The molecule has 1 aliphatic carbocycles. The molecular formula is C15H18O5S. The second-order valence-corrected chi connectivity index (χ2v) is 7.82. The Hall–Kier alpha value is -1.56. The standard InChI is InChI=1S/C15H18O5S/c16-15(20-14-6-7-21(17,18)10-14)9-19-13-5-4-11-2-1-3-12(11)8-13/h4-5,8,14H,1-3,6-7,9-10H2/t14-/m0/s1. The number of fused-ring (bicyclic) bond motifs is 1. The van der Waals surface area contributed by atoms with Crippen LogP contribution in [0.1, 0.15) is 24.0 Å². The van der Waals surface area contributed by atoms with E-state index in [1.165, 1.54) is 11.1 Å². The molecule has 1 aromatic rings. The van der Waals surface area contributed by atoms with Crippen LogP contribution >= 0.6 is 0 Å². The average molecular weight is 310 g/mol. The van der Waals surface area contributed by atoms with Crippen LogP contribution in [-0.4, -0.2) is 38.6 Å². The van der Waals surface area contributed by atoms with Gasteiger partial charge in [0.2, 0.25) is 0 Å². The van der Waals surface area contributed by atoms with Crippen LogP contribution in [0.15, 0.2) is 18.2 Å². The minimum Gasteiger partial charge on any atom is -0.482 e. The number of sulfone groups is 1. The molecule has 21 heavy (non-hydrogen) atoms. The third-order valence-corrected chi connectivity index (χ3v) is 5.65. The summed E-state index contributed by atoms with van der Waals surface area (Å²) in [6, 6.07) is 5.86. The number of esters is 1. The first kappa shape index (κ1) is 14.4. The minimum absolute atomic E-state index is 0.0718. The van der Waals surface area contributed by atoms with Gasteiger partial charge in [0, 0.05) is 0 Å². The SMILES string of the molecule is O=C(COc1ccc2c(c1)CCC2)O[C@H]1CCS(=O)(=O)C1. The fraction of sp³-hybridized carbons (Fsp3) is 0.533. The minimum atomic E-state index is -3.03. The Labute approximate surface area is 124 Å². The van der Waals surface area contributed by atoms with Crippen LogP contribution in [0.4, 0.5) is 0 Å². The van der Waals surface area contributed by atoms with Gasteiger partial charge in [-0.2, -0.15) is 0 Å². The van der Waals surface area contributed by atoms with Gasteiger partial charge in [0.25, 0.3) is 0 Å². The molecule has 5 nitrogen and oxygen atoms in total. The van der Waals surface area contributed by atoms with Crippen LogP contribution in [0.5, 0.6) is 5.75 Å². The zero-order valence-corrected chi connectivity index (χ0v) is 12.5. The molecule has 1 heterocycles. The highest BCUT2D eigenvalue weighted by molar-refractivity contribution is 7.91. The Kier molecular flexibility index (Phi) is 3.89. The number of rotatable bonds is 4. The molecule has 0 saturated carbocycles. The Balaban J connectivity index is 1.50. The number of carbonyl (C=O) groups excluding carboxylic acids is 1. The summed E-state index contributed by atoms with van der Waals surface area (Å²) < 4.78 is 33.1. The molecule has 0 N–H and O–H groups in total. The summed E-state index contributed by atoms with van der Waals surface area (Å²) in [6.45, 7) is -0.185. The predicted octanol–water partition coefficient (Wildman–Crippen LogP) is 1.28. The van der Waals surface area contributed by atoms with Crippen molar-refractivity contribution in [1.29, 1.82) is 0 Å². The molecule has 0 bridgehead atoms. The lowest BCUT2D eigenvalue weighted by Gasteiger charge is -2.11. The van der Waals surface area contributed by atoms with Gasteiger partial charge in [-0.1, -0.05) is 6.07 Å². The van der Waals surface area contributed by atoms with Crippen molar-refractivity contribution in [2.75, 3.05) is 18.1 Å². The highest BCUT2D eigenvalue weighted by Gasteiger charge is 2.30. The molecule has 1 atom stereocenters. The van der Waals surface area contributed by atoms with E-state index in [0.29, 0.717) is 12.2 Å². The van der Waals surface area contributed by atoms with Gasteiger partial charge in [-0.05, 0) is 48.9 Å². The van der Waals surface area contributed by atoms with Crippen molar-refractivity contribution in [1.82, 2.24) is 0 Å². The van der Waals surface area contributed by atoms with Gasteiger partial charge >= 0.3 is 5.97 Å². The Morgan fingerprint density at radius 2 is 2.05 bits per heavy atom. The summed E-state index contributed by atoms with van der Waals surface area (Å²) in [5, 5.41) is 0. The molecule has 1 saturated heterocycles. The smallest absolute Gasteiger partial charge is 0.344 e. The monoisotopic (exact) mass is 310 g/mol. The largest absolute Gasteiger partial charge is 0.482 e. The van der Waals surface area contributed by atoms with E-state index in [1.54, 1.807) is 0 Å². The summed E-state index contributed by atoms with van der Waals surface area (Å²) >= 11 is 0. The summed E-state index contributed by atoms with van der Waals surface area (Å²) in [5.74, 6) is 0.165. The predicted molar refractivity (Wildman–Crippen MR) is 77.1 cm³/mol. The van der Waals surface area contributed by atoms with E-state index in [9.17, 15) is 13.2 Å². The fourth-order valence-electron chi connectivity index (χ4n) is 2.85. The number of aryl methyl sites for hydroxylation is 2. The summed E-state index contributed by atoms with van der Waals surface area (Å²) in [7, 11) is -3.03. The third-order valence-electron chi connectivity index (χ3n) is 3.92. The van der Waals surface area contributed by atoms with Crippen LogP contribution < -0.4 is 4.74 Å². The summed E-state index contributed by atoms with van der Waals surface area (Å²) in [6.07, 6.45) is 3.18. The third kappa shape index (κ3) is 3.56. The molecule has 0 aromatic heterocycles. The highest BCUT2D eigenvalue weighted by Crippen LogP contribution is 2.26. The van der Waals surface area contributed by atoms with E-state index < -0.39 is 21.9 Å². The Morgan fingerprint density at radius 1 is 1.24 bits per heavy atom. The molecule has 2 aliphatic rings. The fourth-order valence-corrected chi connectivity index (χ4v) is 4.44. The van der Waals surface area contributed by atoms with E-state index in [-0.39, 0.29) is 18.1 Å². The van der Waals surface area contributed by atoms with E-state index in [4.69, 9.17) is 9.47 Å². The van der Waals surface area contributed by atoms with Gasteiger partial charge in [0.15, 0.2) is 16.4 Å². The number of benzene rings is 1. The molecule has 6 heteroatoms. The summed E-state index contributed by atoms with van der Waals surface area (Å²) in [4.78, 5) is 11.7. The molecule has 3 rings (SSSR count). The molecule has 1 aliphatic heterocycles. The Bertz CT molecular complexity index is 650. The second-order valence-electron chi connectivity index (χ2n) is 5.59. The normalized spacial score (nSPS) is 22.8. The maximum absolute atomic E-state index is 11.7. The van der Waals surface area contributed by atoms with E-state index in [2.05, 4.69) is 0 Å². The van der Waals surface area contributed by atoms with Crippen molar-refractivity contribution in [3.05, 3.63) is 29.3 Å². The summed E-state index contributed by atoms with van der Waals surface area (Å²) in [5.41, 5.74) is 2.63. The average Bonchev–Trinajstić information content (AvgIpc) is 3.02. The lowest BCUT2D eigenvalue weighted by atomic mass is 10.1. The van der Waals surface area contributed by atoms with Crippen molar-refractivity contribution in [2.45, 2.75) is 31.8 Å². The van der Waals surface area contributed by atoms with Crippen LogP contribution in [0.3, 0.4) is 0 Å². The molecule has 0 radical (unpaired) electrons. The van der Waals surface area contributed by atoms with Gasteiger partial charge in [0.1, 0.15) is 11.9 Å². The molecule has 0 spiro atoms. The van der Waals surface area contributed by atoms with Crippen molar-refractivity contribution in [3.8, 4) is 5.75 Å². The van der Waals surface area contributed by atoms with Crippen molar-refractivity contribution in [2.24, 2.45) is 0 Å². The lowest BCUT2D eigenvalue weighted by molar-refractivity contribution is -0.150. The van der Waals surface area contributed by atoms with Crippen molar-refractivity contribution in [3.63, 3.8) is 0 Å². The van der Waals surface area contributed by atoms with Gasteiger partial charge < -0.3 is 9.47 Å². The lowest BCUT2D eigenvalue weighted by Crippen LogP contribution is -2.23. The van der Waals surface area contributed by atoms with Gasteiger partial charge in [-0.25, -0.2) is 13.2 Å². The van der Waals surface area contributed by atoms with E-state index in [0.717, 1.165) is 19.3 Å². The zero-order chi connectivity index (χ0) is 14.9.